The maximum Gasteiger partial charge on any atom is 0.336 e. The SMILES string of the molecule is Cn1ccc(S(=O)(=O)Nc2ccc(Br)c(C(=O)O)c2)c1. The van der Waals surface area contributed by atoms with E-state index in [9.17, 15) is 13.2 Å². The number of aromatic nitrogens is 1. The molecule has 0 spiro atoms. The van der Waals surface area contributed by atoms with Gasteiger partial charge in [-0.15, -0.1) is 0 Å². The van der Waals surface area contributed by atoms with Crippen LogP contribution >= 0.6 is 15.9 Å². The highest BCUT2D eigenvalue weighted by molar-refractivity contribution is 9.10. The summed E-state index contributed by atoms with van der Waals surface area (Å²) in [6.07, 6.45) is 3.07. The van der Waals surface area contributed by atoms with Crippen LogP contribution in [-0.2, 0) is 17.1 Å². The van der Waals surface area contributed by atoms with E-state index in [1.165, 1.54) is 30.5 Å². The lowest BCUT2D eigenvalue weighted by Crippen LogP contribution is -2.13. The van der Waals surface area contributed by atoms with E-state index in [2.05, 4.69) is 20.7 Å². The van der Waals surface area contributed by atoms with Crippen molar-refractivity contribution in [3.05, 3.63) is 46.7 Å². The van der Waals surface area contributed by atoms with E-state index in [1.54, 1.807) is 17.8 Å². The zero-order valence-corrected chi connectivity index (χ0v) is 12.8. The highest BCUT2D eigenvalue weighted by Gasteiger charge is 2.17. The van der Waals surface area contributed by atoms with Crippen LogP contribution < -0.4 is 4.72 Å². The molecule has 0 radical (unpaired) electrons. The molecule has 106 valence electrons. The Morgan fingerprint density at radius 3 is 2.60 bits per heavy atom. The molecule has 0 unspecified atom stereocenters. The van der Waals surface area contributed by atoms with Crippen LogP contribution in [0.25, 0.3) is 0 Å². The predicted molar refractivity (Wildman–Crippen MR) is 77.3 cm³/mol. The van der Waals surface area contributed by atoms with E-state index in [4.69, 9.17) is 5.11 Å². The van der Waals surface area contributed by atoms with Gasteiger partial charge in [-0.1, -0.05) is 0 Å². The number of anilines is 1. The van der Waals surface area contributed by atoms with Gasteiger partial charge in [0.2, 0.25) is 0 Å². The number of hydrogen-bond donors (Lipinski definition) is 2. The topological polar surface area (TPSA) is 88.4 Å². The second-order valence-corrected chi connectivity index (χ2v) is 6.65. The number of nitrogens with zero attached hydrogens (tertiary/aromatic N) is 1. The fraction of sp³-hybridized carbons (Fsp3) is 0.0833. The van der Waals surface area contributed by atoms with Gasteiger partial charge in [0.15, 0.2) is 0 Å². The Balaban J connectivity index is 2.35. The number of sulfonamides is 1. The Morgan fingerprint density at radius 1 is 1.35 bits per heavy atom. The van der Waals surface area contributed by atoms with E-state index in [-0.39, 0.29) is 16.1 Å². The number of carboxylic acid groups (broad SMARTS) is 1. The Kier molecular flexibility index (Phi) is 3.87. The second kappa shape index (κ2) is 5.29. The second-order valence-electron chi connectivity index (χ2n) is 4.12. The average Bonchev–Trinajstić information content (AvgIpc) is 2.78. The van der Waals surface area contributed by atoms with Crippen LogP contribution in [0.4, 0.5) is 5.69 Å². The summed E-state index contributed by atoms with van der Waals surface area (Å²) in [5.41, 5.74) is 0.174. The molecule has 2 N–H and O–H groups in total. The number of halogens is 1. The Labute approximate surface area is 124 Å². The largest absolute Gasteiger partial charge is 0.478 e. The lowest BCUT2D eigenvalue weighted by Gasteiger charge is -2.08. The molecule has 0 atom stereocenters. The van der Waals surface area contributed by atoms with Gasteiger partial charge in [-0.05, 0) is 40.2 Å². The lowest BCUT2D eigenvalue weighted by molar-refractivity contribution is 0.0696. The molecule has 2 aromatic rings. The number of nitrogens with one attached hydrogen (secondary N) is 1. The maximum absolute atomic E-state index is 12.1. The minimum absolute atomic E-state index is 0.0155. The fourth-order valence-electron chi connectivity index (χ4n) is 1.60. The van der Waals surface area contributed by atoms with Crippen LogP contribution in [0.15, 0.2) is 46.0 Å². The van der Waals surface area contributed by atoms with Crippen LogP contribution in [0.2, 0.25) is 0 Å². The first-order valence-electron chi connectivity index (χ1n) is 5.47. The summed E-state index contributed by atoms with van der Waals surface area (Å²) >= 11 is 3.10. The number of carbonyl (C=O) groups is 1. The molecule has 2 rings (SSSR count). The molecular formula is C12H11BrN2O4S. The first-order chi connectivity index (χ1) is 9.29. The quantitative estimate of drug-likeness (QED) is 0.877. The molecule has 0 amide bonds. The Morgan fingerprint density at radius 2 is 2.05 bits per heavy atom. The number of aryl methyl sites for hydroxylation is 1. The van der Waals surface area contributed by atoms with Gasteiger partial charge in [0, 0.05) is 29.6 Å². The number of rotatable bonds is 4. The molecule has 1 aromatic heterocycles. The first-order valence-corrected chi connectivity index (χ1v) is 7.75. The minimum Gasteiger partial charge on any atom is -0.478 e. The average molecular weight is 359 g/mol. The zero-order chi connectivity index (χ0) is 14.9. The van der Waals surface area contributed by atoms with E-state index < -0.39 is 16.0 Å². The van der Waals surface area contributed by atoms with Crippen molar-refractivity contribution in [2.24, 2.45) is 7.05 Å². The highest BCUT2D eigenvalue weighted by atomic mass is 79.9. The number of benzene rings is 1. The Hall–Kier alpha value is -1.80. The van der Waals surface area contributed by atoms with Gasteiger partial charge >= 0.3 is 5.97 Å². The van der Waals surface area contributed by atoms with Gasteiger partial charge in [-0.25, -0.2) is 13.2 Å². The monoisotopic (exact) mass is 358 g/mol. The van der Waals surface area contributed by atoms with Crippen molar-refractivity contribution in [1.82, 2.24) is 4.57 Å². The third-order valence-electron chi connectivity index (χ3n) is 2.56. The van der Waals surface area contributed by atoms with Crippen LogP contribution in [0, 0.1) is 0 Å². The smallest absolute Gasteiger partial charge is 0.336 e. The summed E-state index contributed by atoms with van der Waals surface area (Å²) in [7, 11) is -2.02. The van der Waals surface area contributed by atoms with Crippen molar-refractivity contribution in [2.45, 2.75) is 4.90 Å². The van der Waals surface area contributed by atoms with Crippen molar-refractivity contribution in [3.8, 4) is 0 Å². The van der Waals surface area contributed by atoms with Gasteiger partial charge < -0.3 is 9.67 Å². The summed E-state index contributed by atoms with van der Waals surface area (Å²) in [5, 5.41) is 9.00. The highest BCUT2D eigenvalue weighted by Crippen LogP contribution is 2.23. The third kappa shape index (κ3) is 3.02. The van der Waals surface area contributed by atoms with Crippen molar-refractivity contribution in [1.29, 1.82) is 0 Å². The van der Waals surface area contributed by atoms with Gasteiger partial charge in [0.05, 0.1) is 5.56 Å². The molecule has 0 bridgehead atoms. The van der Waals surface area contributed by atoms with Crippen molar-refractivity contribution >= 4 is 37.6 Å². The van der Waals surface area contributed by atoms with Crippen LogP contribution in [0.5, 0.6) is 0 Å². The third-order valence-corrected chi connectivity index (χ3v) is 4.62. The van der Waals surface area contributed by atoms with Crippen molar-refractivity contribution in [3.63, 3.8) is 0 Å². The first kappa shape index (κ1) is 14.6. The minimum atomic E-state index is -3.73. The molecule has 1 aromatic carbocycles. The van der Waals surface area contributed by atoms with Gasteiger partial charge in [0.1, 0.15) is 4.90 Å². The van der Waals surface area contributed by atoms with E-state index in [0.717, 1.165) is 0 Å². The molecule has 0 fully saturated rings. The number of hydrogen-bond acceptors (Lipinski definition) is 3. The predicted octanol–water partition coefficient (Wildman–Crippen LogP) is 2.29. The zero-order valence-electron chi connectivity index (χ0n) is 10.4. The number of carboxylic acids is 1. The van der Waals surface area contributed by atoms with Crippen LogP contribution in [-0.4, -0.2) is 24.1 Å². The molecule has 6 nitrogen and oxygen atoms in total. The molecule has 0 saturated heterocycles. The van der Waals surface area contributed by atoms with E-state index in [0.29, 0.717) is 4.47 Å². The molecule has 0 saturated carbocycles. The Bertz CT molecular complexity index is 768. The van der Waals surface area contributed by atoms with E-state index >= 15 is 0 Å². The molecule has 0 aliphatic rings. The summed E-state index contributed by atoms with van der Waals surface area (Å²) in [5.74, 6) is -1.14. The fourth-order valence-corrected chi connectivity index (χ4v) is 3.12. The summed E-state index contributed by atoms with van der Waals surface area (Å²) < 4.78 is 28.5. The standard InChI is InChI=1S/C12H11BrN2O4S/c1-15-5-4-9(7-15)20(18,19)14-8-2-3-11(13)10(6-8)12(16)17/h2-7,14H,1H3,(H,16,17). The molecule has 8 heteroatoms. The summed E-state index contributed by atoms with van der Waals surface area (Å²) in [4.78, 5) is 11.1. The molecule has 1 heterocycles. The van der Waals surface area contributed by atoms with Crippen molar-refractivity contribution < 1.29 is 18.3 Å². The molecular weight excluding hydrogens is 348 g/mol. The van der Waals surface area contributed by atoms with Crippen LogP contribution in [0.1, 0.15) is 10.4 Å². The molecule has 0 aliphatic heterocycles. The normalized spacial score (nSPS) is 11.3. The van der Waals surface area contributed by atoms with Gasteiger partial charge in [0.25, 0.3) is 10.0 Å². The molecule has 0 aliphatic carbocycles. The molecule has 20 heavy (non-hydrogen) atoms. The van der Waals surface area contributed by atoms with Gasteiger partial charge in [-0.2, -0.15) is 0 Å². The van der Waals surface area contributed by atoms with Gasteiger partial charge in [-0.3, -0.25) is 4.72 Å². The number of aromatic carboxylic acids is 1. The van der Waals surface area contributed by atoms with E-state index in [1.807, 2.05) is 0 Å². The maximum atomic E-state index is 12.1. The van der Waals surface area contributed by atoms with Crippen molar-refractivity contribution in [2.75, 3.05) is 4.72 Å². The lowest BCUT2D eigenvalue weighted by atomic mass is 10.2. The summed E-state index contributed by atoms with van der Waals surface area (Å²) in [6, 6.07) is 5.68. The summed E-state index contributed by atoms with van der Waals surface area (Å²) in [6.45, 7) is 0. The van der Waals surface area contributed by atoms with Crippen LogP contribution in [0.3, 0.4) is 0 Å².